The van der Waals surface area contributed by atoms with Gasteiger partial charge >= 0.3 is 0 Å². The first kappa shape index (κ1) is 13.1. The second kappa shape index (κ2) is 5.11. The SMILES string of the molecule is Cc1ccc(C(N)C(=O)NC2(C)CCCC2)cc1. The number of nitrogens with two attached hydrogens (primary N) is 1. The van der Waals surface area contributed by atoms with E-state index in [4.69, 9.17) is 5.73 Å². The van der Waals surface area contributed by atoms with Gasteiger partial charge in [0.25, 0.3) is 0 Å². The van der Waals surface area contributed by atoms with Crippen LogP contribution in [-0.4, -0.2) is 11.4 Å². The standard InChI is InChI=1S/C15H22N2O/c1-11-5-7-12(8-6-11)13(16)14(18)17-15(2)9-3-4-10-15/h5-8,13H,3-4,9-10,16H2,1-2H3,(H,17,18). The second-order valence-electron chi connectivity index (χ2n) is 5.65. The van der Waals surface area contributed by atoms with Crippen molar-refractivity contribution in [3.8, 4) is 0 Å². The maximum atomic E-state index is 12.2. The fourth-order valence-corrected chi connectivity index (χ4v) is 2.58. The van der Waals surface area contributed by atoms with Crippen LogP contribution in [0.15, 0.2) is 24.3 Å². The van der Waals surface area contributed by atoms with Crippen molar-refractivity contribution in [2.45, 2.75) is 51.1 Å². The number of hydrogen-bond donors (Lipinski definition) is 2. The molecule has 98 valence electrons. The third-order valence-corrected chi connectivity index (χ3v) is 3.85. The third kappa shape index (κ3) is 2.91. The van der Waals surface area contributed by atoms with E-state index in [1.807, 2.05) is 31.2 Å². The molecule has 1 aromatic carbocycles. The summed E-state index contributed by atoms with van der Waals surface area (Å²) in [5.41, 5.74) is 8.01. The summed E-state index contributed by atoms with van der Waals surface area (Å²) in [6, 6.07) is 7.26. The molecular weight excluding hydrogens is 224 g/mol. The number of amides is 1. The van der Waals surface area contributed by atoms with Gasteiger partial charge in [-0.05, 0) is 32.3 Å². The number of nitrogens with one attached hydrogen (secondary N) is 1. The Hall–Kier alpha value is -1.35. The topological polar surface area (TPSA) is 55.1 Å². The number of hydrogen-bond acceptors (Lipinski definition) is 2. The average molecular weight is 246 g/mol. The van der Waals surface area contributed by atoms with Crippen molar-refractivity contribution in [1.82, 2.24) is 5.32 Å². The predicted molar refractivity (Wildman–Crippen MR) is 73.1 cm³/mol. The van der Waals surface area contributed by atoms with Crippen molar-refractivity contribution in [2.75, 3.05) is 0 Å². The molecule has 1 aromatic rings. The molecule has 0 heterocycles. The molecule has 1 amide bonds. The Morgan fingerprint density at radius 2 is 1.83 bits per heavy atom. The van der Waals surface area contributed by atoms with Crippen molar-refractivity contribution in [3.63, 3.8) is 0 Å². The van der Waals surface area contributed by atoms with Gasteiger partial charge in [-0.3, -0.25) is 4.79 Å². The Morgan fingerprint density at radius 1 is 1.28 bits per heavy atom. The van der Waals surface area contributed by atoms with Gasteiger partial charge in [0.2, 0.25) is 5.91 Å². The molecular formula is C15H22N2O. The van der Waals surface area contributed by atoms with E-state index in [0.29, 0.717) is 0 Å². The van der Waals surface area contributed by atoms with Gasteiger partial charge in [-0.15, -0.1) is 0 Å². The largest absolute Gasteiger partial charge is 0.349 e. The normalized spacial score (nSPS) is 19.5. The monoisotopic (exact) mass is 246 g/mol. The molecule has 1 atom stereocenters. The molecule has 1 unspecified atom stereocenters. The molecule has 2 rings (SSSR count). The second-order valence-corrected chi connectivity index (χ2v) is 5.65. The van der Waals surface area contributed by atoms with Crippen molar-refractivity contribution in [1.29, 1.82) is 0 Å². The Bertz CT molecular complexity index is 419. The van der Waals surface area contributed by atoms with Crippen LogP contribution in [0.5, 0.6) is 0 Å². The lowest BCUT2D eigenvalue weighted by molar-refractivity contribution is -0.124. The van der Waals surface area contributed by atoms with Crippen LogP contribution >= 0.6 is 0 Å². The van der Waals surface area contributed by atoms with Crippen LogP contribution in [0.2, 0.25) is 0 Å². The van der Waals surface area contributed by atoms with Gasteiger partial charge in [0.1, 0.15) is 6.04 Å². The minimum absolute atomic E-state index is 0.0562. The molecule has 0 aliphatic heterocycles. The van der Waals surface area contributed by atoms with Crippen LogP contribution < -0.4 is 11.1 Å². The quantitative estimate of drug-likeness (QED) is 0.860. The molecule has 18 heavy (non-hydrogen) atoms. The molecule has 1 saturated carbocycles. The van der Waals surface area contributed by atoms with Crippen LogP contribution in [0.1, 0.15) is 49.8 Å². The first-order chi connectivity index (χ1) is 8.50. The zero-order valence-electron chi connectivity index (χ0n) is 11.2. The highest BCUT2D eigenvalue weighted by Crippen LogP contribution is 2.29. The Balaban J connectivity index is 2.02. The molecule has 0 spiro atoms. The minimum atomic E-state index is -0.567. The van der Waals surface area contributed by atoms with Gasteiger partial charge in [0.15, 0.2) is 0 Å². The lowest BCUT2D eigenvalue weighted by Gasteiger charge is -2.27. The van der Waals surface area contributed by atoms with Crippen molar-refractivity contribution >= 4 is 5.91 Å². The summed E-state index contributed by atoms with van der Waals surface area (Å²) in [6.45, 7) is 4.13. The summed E-state index contributed by atoms with van der Waals surface area (Å²) in [6.07, 6.45) is 4.49. The van der Waals surface area contributed by atoms with E-state index in [9.17, 15) is 4.79 Å². The average Bonchev–Trinajstić information content (AvgIpc) is 2.76. The molecule has 1 fully saturated rings. The molecule has 3 N–H and O–H groups in total. The highest BCUT2D eigenvalue weighted by atomic mass is 16.2. The highest BCUT2D eigenvalue weighted by Gasteiger charge is 2.31. The third-order valence-electron chi connectivity index (χ3n) is 3.85. The van der Waals surface area contributed by atoms with Crippen molar-refractivity contribution < 1.29 is 4.79 Å². The molecule has 0 saturated heterocycles. The summed E-state index contributed by atoms with van der Waals surface area (Å²) >= 11 is 0. The number of carbonyl (C=O) groups is 1. The van der Waals surface area contributed by atoms with Gasteiger partial charge in [0.05, 0.1) is 0 Å². The number of rotatable bonds is 3. The molecule has 1 aliphatic carbocycles. The lowest BCUT2D eigenvalue weighted by Crippen LogP contribution is -2.47. The van der Waals surface area contributed by atoms with E-state index in [1.54, 1.807) is 0 Å². The van der Waals surface area contributed by atoms with Gasteiger partial charge in [-0.25, -0.2) is 0 Å². The van der Waals surface area contributed by atoms with Crippen LogP contribution in [0, 0.1) is 6.92 Å². The first-order valence-corrected chi connectivity index (χ1v) is 6.64. The van der Waals surface area contributed by atoms with Gasteiger partial charge in [0, 0.05) is 5.54 Å². The number of aryl methyl sites for hydroxylation is 1. The zero-order valence-corrected chi connectivity index (χ0v) is 11.2. The fraction of sp³-hybridized carbons (Fsp3) is 0.533. The molecule has 3 heteroatoms. The predicted octanol–water partition coefficient (Wildman–Crippen LogP) is 2.44. The Labute approximate surface area is 109 Å². The number of carbonyl (C=O) groups excluding carboxylic acids is 1. The summed E-state index contributed by atoms with van der Waals surface area (Å²) in [5.74, 6) is -0.0664. The first-order valence-electron chi connectivity index (χ1n) is 6.64. The van der Waals surface area contributed by atoms with E-state index in [-0.39, 0.29) is 11.4 Å². The fourth-order valence-electron chi connectivity index (χ4n) is 2.58. The molecule has 0 radical (unpaired) electrons. The van der Waals surface area contributed by atoms with E-state index in [0.717, 1.165) is 18.4 Å². The van der Waals surface area contributed by atoms with E-state index >= 15 is 0 Å². The maximum absolute atomic E-state index is 12.2. The van der Waals surface area contributed by atoms with Crippen molar-refractivity contribution in [3.05, 3.63) is 35.4 Å². The van der Waals surface area contributed by atoms with Gasteiger partial charge in [-0.2, -0.15) is 0 Å². The molecule has 0 aromatic heterocycles. The smallest absolute Gasteiger partial charge is 0.241 e. The van der Waals surface area contributed by atoms with Gasteiger partial charge in [-0.1, -0.05) is 42.7 Å². The van der Waals surface area contributed by atoms with E-state index in [2.05, 4.69) is 12.2 Å². The van der Waals surface area contributed by atoms with Crippen LogP contribution in [0.25, 0.3) is 0 Å². The molecule has 1 aliphatic rings. The summed E-state index contributed by atoms with van der Waals surface area (Å²) in [5, 5.41) is 3.10. The Morgan fingerprint density at radius 3 is 2.39 bits per heavy atom. The van der Waals surface area contributed by atoms with Crippen LogP contribution in [-0.2, 0) is 4.79 Å². The highest BCUT2D eigenvalue weighted by molar-refractivity contribution is 5.83. The zero-order chi connectivity index (χ0) is 13.2. The van der Waals surface area contributed by atoms with Crippen LogP contribution in [0.3, 0.4) is 0 Å². The summed E-state index contributed by atoms with van der Waals surface area (Å²) in [4.78, 5) is 12.2. The van der Waals surface area contributed by atoms with E-state index < -0.39 is 6.04 Å². The molecule has 3 nitrogen and oxygen atoms in total. The van der Waals surface area contributed by atoms with E-state index in [1.165, 1.54) is 18.4 Å². The summed E-state index contributed by atoms with van der Waals surface area (Å²) < 4.78 is 0. The maximum Gasteiger partial charge on any atom is 0.241 e. The molecule has 0 bridgehead atoms. The lowest BCUT2D eigenvalue weighted by atomic mass is 9.98. The Kier molecular flexibility index (Phi) is 3.71. The van der Waals surface area contributed by atoms with Crippen molar-refractivity contribution in [2.24, 2.45) is 5.73 Å². The minimum Gasteiger partial charge on any atom is -0.349 e. The van der Waals surface area contributed by atoms with Crippen LogP contribution in [0.4, 0.5) is 0 Å². The summed E-state index contributed by atoms with van der Waals surface area (Å²) in [7, 11) is 0. The number of benzene rings is 1. The van der Waals surface area contributed by atoms with Gasteiger partial charge < -0.3 is 11.1 Å².